The fourth-order valence-corrected chi connectivity index (χ4v) is 5.69. The molecule has 170 valence electrons. The van der Waals surface area contributed by atoms with E-state index in [1.165, 1.54) is 16.4 Å². The summed E-state index contributed by atoms with van der Waals surface area (Å²) < 4.78 is 33.0. The highest BCUT2D eigenvalue weighted by Gasteiger charge is 2.30. The maximum absolute atomic E-state index is 12.9. The molecular weight excluding hydrogens is 483 g/mol. The molecule has 0 saturated carbocycles. The molecule has 1 heterocycles. The summed E-state index contributed by atoms with van der Waals surface area (Å²) in [5, 5.41) is 11.5. The van der Waals surface area contributed by atoms with Crippen molar-refractivity contribution in [1.82, 2.24) is 9.21 Å². The average Bonchev–Trinajstić information content (AvgIpc) is 2.74. The second-order valence-corrected chi connectivity index (χ2v) is 10.6. The first-order chi connectivity index (χ1) is 14.7. The molecule has 0 bridgehead atoms. The van der Waals surface area contributed by atoms with Crippen LogP contribution in [0.3, 0.4) is 0 Å². The zero-order chi connectivity index (χ0) is 22.6. The van der Waals surface area contributed by atoms with E-state index in [4.69, 9.17) is 39.5 Å². The van der Waals surface area contributed by atoms with Crippen molar-refractivity contribution in [3.05, 3.63) is 63.1 Å². The van der Waals surface area contributed by atoms with Crippen molar-refractivity contribution >= 4 is 44.8 Å². The van der Waals surface area contributed by atoms with E-state index in [1.807, 2.05) is 24.0 Å². The first kappa shape index (κ1) is 24.7. The van der Waals surface area contributed by atoms with Crippen molar-refractivity contribution in [1.29, 1.82) is 0 Å². The highest BCUT2D eigenvalue weighted by Crippen LogP contribution is 2.28. The Morgan fingerprint density at radius 2 is 1.61 bits per heavy atom. The molecule has 1 aliphatic heterocycles. The highest BCUT2D eigenvalue weighted by molar-refractivity contribution is 7.89. The molecule has 0 aliphatic carbocycles. The van der Waals surface area contributed by atoms with Gasteiger partial charge in [0.05, 0.1) is 23.8 Å². The zero-order valence-corrected chi connectivity index (χ0v) is 20.1. The maximum Gasteiger partial charge on any atom is 0.244 e. The fraction of sp³-hybridized carbons (Fsp3) is 0.429. The lowest BCUT2D eigenvalue weighted by Crippen LogP contribution is -2.50. The monoisotopic (exact) mass is 506 g/mol. The fourth-order valence-electron chi connectivity index (χ4n) is 3.40. The van der Waals surface area contributed by atoms with Gasteiger partial charge < -0.3 is 9.84 Å². The minimum atomic E-state index is -3.73. The Bertz CT molecular complexity index is 981. The molecule has 6 nitrogen and oxygen atoms in total. The summed E-state index contributed by atoms with van der Waals surface area (Å²) in [6, 6.07) is 11.8. The molecular formula is C21H25Cl3N2O4S. The molecule has 3 rings (SSSR count). The molecule has 31 heavy (non-hydrogen) atoms. The van der Waals surface area contributed by atoms with Crippen molar-refractivity contribution in [2.45, 2.75) is 24.0 Å². The van der Waals surface area contributed by atoms with Gasteiger partial charge in [-0.1, -0.05) is 46.9 Å². The Morgan fingerprint density at radius 1 is 1.00 bits per heavy atom. The van der Waals surface area contributed by atoms with Crippen LogP contribution < -0.4 is 0 Å². The van der Waals surface area contributed by atoms with E-state index < -0.39 is 16.1 Å². The van der Waals surface area contributed by atoms with E-state index in [2.05, 4.69) is 0 Å². The third-order valence-electron chi connectivity index (χ3n) is 5.19. The Balaban J connectivity index is 1.48. The van der Waals surface area contributed by atoms with Crippen LogP contribution in [-0.4, -0.2) is 68.2 Å². The zero-order valence-electron chi connectivity index (χ0n) is 17.0. The number of halogens is 3. The minimum Gasteiger partial charge on any atom is -0.389 e. The predicted octanol–water partition coefficient (Wildman–Crippen LogP) is 4.09. The highest BCUT2D eigenvalue weighted by atomic mass is 35.5. The van der Waals surface area contributed by atoms with Gasteiger partial charge in [-0.25, -0.2) is 8.42 Å². The van der Waals surface area contributed by atoms with Gasteiger partial charge in [0.2, 0.25) is 10.0 Å². The second-order valence-electron chi connectivity index (χ2n) is 7.46. The standard InChI is InChI=1S/C21H25Cl3N2O4S/c1-15(16-2-4-17(22)5-3-16)30-14-19(27)13-25-8-10-26(11-9-25)31(28,29)21-12-18(23)6-7-20(21)24/h2-7,12,15,19,27H,8-11,13-14H2,1H3. The largest absolute Gasteiger partial charge is 0.389 e. The summed E-state index contributed by atoms with van der Waals surface area (Å²) in [7, 11) is -3.73. The van der Waals surface area contributed by atoms with Gasteiger partial charge in [0.15, 0.2) is 0 Å². The second kappa shape index (κ2) is 10.8. The molecule has 10 heteroatoms. The first-order valence-corrected chi connectivity index (χ1v) is 12.5. The lowest BCUT2D eigenvalue weighted by Gasteiger charge is -2.35. The number of sulfonamides is 1. The molecule has 1 aliphatic rings. The van der Waals surface area contributed by atoms with Gasteiger partial charge in [-0.05, 0) is 42.8 Å². The quantitative estimate of drug-likeness (QED) is 0.583. The number of piperazine rings is 1. The normalized spacial score (nSPS) is 18.1. The number of aliphatic hydroxyl groups excluding tert-OH is 1. The van der Waals surface area contributed by atoms with Crippen molar-refractivity contribution < 1.29 is 18.3 Å². The van der Waals surface area contributed by atoms with E-state index in [1.54, 1.807) is 18.2 Å². The summed E-state index contributed by atoms with van der Waals surface area (Å²) in [5.74, 6) is 0. The van der Waals surface area contributed by atoms with Crippen LogP contribution in [0.5, 0.6) is 0 Å². The van der Waals surface area contributed by atoms with Gasteiger partial charge in [0.1, 0.15) is 4.90 Å². The lowest BCUT2D eigenvalue weighted by atomic mass is 10.1. The van der Waals surface area contributed by atoms with E-state index in [0.717, 1.165) is 5.56 Å². The van der Waals surface area contributed by atoms with Crippen LogP contribution in [0, 0.1) is 0 Å². The molecule has 0 radical (unpaired) electrons. The molecule has 1 saturated heterocycles. The van der Waals surface area contributed by atoms with Gasteiger partial charge in [-0.2, -0.15) is 4.31 Å². The van der Waals surface area contributed by atoms with Gasteiger partial charge in [-0.3, -0.25) is 4.90 Å². The Morgan fingerprint density at radius 3 is 2.26 bits per heavy atom. The van der Waals surface area contributed by atoms with Crippen LogP contribution in [0.15, 0.2) is 47.4 Å². The molecule has 1 fully saturated rings. The van der Waals surface area contributed by atoms with Crippen LogP contribution in [0.2, 0.25) is 15.1 Å². The van der Waals surface area contributed by atoms with Crippen molar-refractivity contribution in [3.8, 4) is 0 Å². The van der Waals surface area contributed by atoms with Crippen LogP contribution in [0.25, 0.3) is 0 Å². The van der Waals surface area contributed by atoms with Crippen LogP contribution in [0.4, 0.5) is 0 Å². The molecule has 0 aromatic heterocycles. The number of nitrogens with zero attached hydrogens (tertiary/aromatic N) is 2. The molecule has 2 unspecified atom stereocenters. The number of hydrogen-bond donors (Lipinski definition) is 1. The molecule has 2 atom stereocenters. The molecule has 2 aromatic rings. The van der Waals surface area contributed by atoms with Crippen molar-refractivity contribution in [2.75, 3.05) is 39.3 Å². The third-order valence-corrected chi connectivity index (χ3v) is 8.06. The summed E-state index contributed by atoms with van der Waals surface area (Å²) in [5.41, 5.74) is 0.982. The van der Waals surface area contributed by atoms with Crippen molar-refractivity contribution in [3.63, 3.8) is 0 Å². The number of hydrogen-bond acceptors (Lipinski definition) is 5. The van der Waals surface area contributed by atoms with Gasteiger partial charge in [-0.15, -0.1) is 0 Å². The average molecular weight is 508 g/mol. The van der Waals surface area contributed by atoms with Gasteiger partial charge in [0, 0.05) is 42.8 Å². The number of aliphatic hydroxyl groups is 1. The van der Waals surface area contributed by atoms with E-state index in [9.17, 15) is 13.5 Å². The molecule has 2 aromatic carbocycles. The smallest absolute Gasteiger partial charge is 0.244 e. The van der Waals surface area contributed by atoms with E-state index >= 15 is 0 Å². The van der Waals surface area contributed by atoms with Crippen LogP contribution in [-0.2, 0) is 14.8 Å². The summed E-state index contributed by atoms with van der Waals surface area (Å²) >= 11 is 17.9. The molecule has 0 amide bonds. The maximum atomic E-state index is 12.9. The Kier molecular flexibility index (Phi) is 8.63. The molecule has 0 spiro atoms. The molecule has 1 N–H and O–H groups in total. The first-order valence-electron chi connectivity index (χ1n) is 9.89. The van der Waals surface area contributed by atoms with Gasteiger partial charge >= 0.3 is 0 Å². The number of β-amino-alcohol motifs (C(OH)–C–C–N with tert-alkyl or cyclic N) is 1. The van der Waals surface area contributed by atoms with Crippen LogP contribution in [0.1, 0.15) is 18.6 Å². The third kappa shape index (κ3) is 6.55. The summed E-state index contributed by atoms with van der Waals surface area (Å²) in [6.45, 7) is 4.11. The SMILES string of the molecule is CC(OCC(O)CN1CCN(S(=O)(=O)c2cc(Cl)ccc2Cl)CC1)c1ccc(Cl)cc1. The van der Waals surface area contributed by atoms with Crippen molar-refractivity contribution in [2.24, 2.45) is 0 Å². The van der Waals surface area contributed by atoms with Crippen LogP contribution >= 0.6 is 34.8 Å². The predicted molar refractivity (Wildman–Crippen MR) is 123 cm³/mol. The number of rotatable bonds is 8. The minimum absolute atomic E-state index is 0.0136. The lowest BCUT2D eigenvalue weighted by molar-refractivity contribution is -0.0186. The number of ether oxygens (including phenoxy) is 1. The van der Waals surface area contributed by atoms with E-state index in [0.29, 0.717) is 42.8 Å². The summed E-state index contributed by atoms with van der Waals surface area (Å²) in [6.07, 6.45) is -0.850. The van der Waals surface area contributed by atoms with Gasteiger partial charge in [0.25, 0.3) is 0 Å². The number of benzene rings is 2. The van der Waals surface area contributed by atoms with E-state index in [-0.39, 0.29) is 22.6 Å². The topological polar surface area (TPSA) is 70.1 Å². The summed E-state index contributed by atoms with van der Waals surface area (Å²) in [4.78, 5) is 2.03. The Hall–Kier alpha value is -0.900. The Labute approximate surface area is 198 Å².